The van der Waals surface area contributed by atoms with Gasteiger partial charge in [0.2, 0.25) is 11.8 Å². The molecule has 0 N–H and O–H groups in total. The number of imide groups is 1. The Hall–Kier alpha value is -3.28. The van der Waals surface area contributed by atoms with E-state index in [0.29, 0.717) is 23.1 Å². The van der Waals surface area contributed by atoms with Crippen molar-refractivity contribution in [3.05, 3.63) is 65.7 Å². The summed E-state index contributed by atoms with van der Waals surface area (Å²) in [5.41, 5.74) is 1.06. The van der Waals surface area contributed by atoms with Crippen LogP contribution in [-0.2, 0) is 14.3 Å². The minimum Gasteiger partial charge on any atom is -0.454 e. The molecule has 2 aromatic carbocycles. The summed E-state index contributed by atoms with van der Waals surface area (Å²) in [5, 5.41) is 0. The van der Waals surface area contributed by atoms with Crippen molar-refractivity contribution in [1.82, 2.24) is 0 Å². The SMILES string of the molecule is O=C(COC(=O)c1cccc(N2C(=O)[C@@H]3[C@H]4CC[C@@H](C4)[C@H]3C2=O)c1)c1ccccc1. The summed E-state index contributed by atoms with van der Waals surface area (Å²) < 4.78 is 5.16. The molecule has 2 bridgehead atoms. The van der Waals surface area contributed by atoms with E-state index in [0.717, 1.165) is 19.3 Å². The average Bonchev–Trinajstić information content (AvgIpc) is 3.46. The number of amides is 2. The van der Waals surface area contributed by atoms with Crippen molar-refractivity contribution in [2.45, 2.75) is 19.3 Å². The average molecular weight is 403 g/mol. The van der Waals surface area contributed by atoms with Crippen molar-refractivity contribution < 1.29 is 23.9 Å². The van der Waals surface area contributed by atoms with Gasteiger partial charge in [0.05, 0.1) is 23.1 Å². The number of carbonyl (C=O) groups is 4. The van der Waals surface area contributed by atoms with Crippen LogP contribution in [0.25, 0.3) is 0 Å². The number of rotatable bonds is 5. The number of hydrogen-bond donors (Lipinski definition) is 0. The normalized spacial score (nSPS) is 26.7. The van der Waals surface area contributed by atoms with Crippen molar-refractivity contribution >= 4 is 29.3 Å². The minimum atomic E-state index is -0.666. The van der Waals surface area contributed by atoms with E-state index in [9.17, 15) is 19.2 Å². The number of anilines is 1. The highest BCUT2D eigenvalue weighted by molar-refractivity contribution is 6.22. The molecular weight excluding hydrogens is 382 g/mol. The zero-order valence-electron chi connectivity index (χ0n) is 16.3. The van der Waals surface area contributed by atoms with Crippen LogP contribution in [0, 0.1) is 23.7 Å². The zero-order chi connectivity index (χ0) is 20.8. The van der Waals surface area contributed by atoms with Crippen molar-refractivity contribution in [1.29, 1.82) is 0 Å². The van der Waals surface area contributed by atoms with E-state index < -0.39 is 5.97 Å². The van der Waals surface area contributed by atoms with Crippen LogP contribution >= 0.6 is 0 Å². The monoisotopic (exact) mass is 403 g/mol. The second kappa shape index (κ2) is 7.20. The number of carbonyl (C=O) groups excluding carboxylic acids is 4. The Morgan fingerprint density at radius 3 is 2.17 bits per heavy atom. The van der Waals surface area contributed by atoms with E-state index >= 15 is 0 Å². The number of fused-ring (bicyclic) bond motifs is 5. The first kappa shape index (κ1) is 18.7. The molecular formula is C24H21NO5. The summed E-state index contributed by atoms with van der Waals surface area (Å²) in [5.74, 6) is -1.08. The molecule has 6 nitrogen and oxygen atoms in total. The highest BCUT2D eigenvalue weighted by Crippen LogP contribution is 2.56. The Kier molecular flexibility index (Phi) is 4.50. The van der Waals surface area contributed by atoms with Crippen LogP contribution in [0.15, 0.2) is 54.6 Å². The lowest BCUT2D eigenvalue weighted by atomic mass is 9.81. The Balaban J connectivity index is 1.31. The number of benzene rings is 2. The van der Waals surface area contributed by atoms with Crippen LogP contribution in [0.2, 0.25) is 0 Å². The standard InChI is InChI=1S/C24H21NO5/c26-19(14-5-2-1-3-6-14)13-30-24(29)17-7-4-8-18(12-17)25-22(27)20-15-9-10-16(11-15)21(20)23(25)28/h1-8,12,15-16,20-21H,9-11,13H2/t15-,16-,20+,21+/m0/s1. The van der Waals surface area contributed by atoms with Crippen LogP contribution in [0.4, 0.5) is 5.69 Å². The molecule has 0 unspecified atom stereocenters. The lowest BCUT2D eigenvalue weighted by Crippen LogP contribution is -2.32. The predicted octanol–water partition coefficient (Wildman–Crippen LogP) is 3.26. The van der Waals surface area contributed by atoms with E-state index in [4.69, 9.17) is 4.74 Å². The third-order valence-electron chi connectivity index (χ3n) is 6.70. The van der Waals surface area contributed by atoms with Gasteiger partial charge in [-0.2, -0.15) is 0 Å². The molecule has 3 fully saturated rings. The maximum Gasteiger partial charge on any atom is 0.338 e. The summed E-state index contributed by atoms with van der Waals surface area (Å²) in [7, 11) is 0. The van der Waals surface area contributed by atoms with Gasteiger partial charge in [0.15, 0.2) is 12.4 Å². The highest BCUT2D eigenvalue weighted by atomic mass is 16.5. The molecule has 5 rings (SSSR count). The molecule has 2 saturated carbocycles. The number of ether oxygens (including phenoxy) is 1. The fourth-order valence-corrected chi connectivity index (χ4v) is 5.36. The molecule has 2 amide bonds. The van der Waals surface area contributed by atoms with E-state index in [1.165, 1.54) is 11.0 Å². The zero-order valence-corrected chi connectivity index (χ0v) is 16.3. The Morgan fingerprint density at radius 2 is 1.50 bits per heavy atom. The fourth-order valence-electron chi connectivity index (χ4n) is 5.36. The molecule has 1 heterocycles. The lowest BCUT2D eigenvalue weighted by Gasteiger charge is -2.19. The summed E-state index contributed by atoms with van der Waals surface area (Å²) in [6, 6.07) is 14.9. The largest absolute Gasteiger partial charge is 0.454 e. The van der Waals surface area contributed by atoms with Gasteiger partial charge in [-0.15, -0.1) is 0 Å². The number of Topliss-reactive ketones (excluding diaryl/α,β-unsaturated/α-hetero) is 1. The van der Waals surface area contributed by atoms with Crippen LogP contribution in [0.1, 0.15) is 40.0 Å². The number of ketones is 1. The Morgan fingerprint density at radius 1 is 0.867 bits per heavy atom. The molecule has 30 heavy (non-hydrogen) atoms. The van der Waals surface area contributed by atoms with E-state index in [1.807, 2.05) is 0 Å². The molecule has 1 saturated heterocycles. The molecule has 1 aliphatic heterocycles. The van der Waals surface area contributed by atoms with Crippen LogP contribution in [0.3, 0.4) is 0 Å². The highest BCUT2D eigenvalue weighted by Gasteiger charge is 2.61. The van der Waals surface area contributed by atoms with Crippen LogP contribution in [0.5, 0.6) is 0 Å². The van der Waals surface area contributed by atoms with E-state index in [-0.39, 0.29) is 41.6 Å². The molecule has 152 valence electrons. The molecule has 2 aliphatic carbocycles. The Labute approximate surface area is 173 Å². The topological polar surface area (TPSA) is 80.8 Å². The number of esters is 1. The fraction of sp³-hybridized carbons (Fsp3) is 0.333. The second-order valence-corrected chi connectivity index (χ2v) is 8.31. The predicted molar refractivity (Wildman–Crippen MR) is 108 cm³/mol. The van der Waals surface area contributed by atoms with E-state index in [1.54, 1.807) is 48.5 Å². The van der Waals surface area contributed by atoms with Gasteiger partial charge in [0.1, 0.15) is 0 Å². The maximum absolute atomic E-state index is 13.0. The second-order valence-electron chi connectivity index (χ2n) is 8.31. The van der Waals surface area contributed by atoms with Crippen molar-refractivity contribution in [3.8, 4) is 0 Å². The molecule has 0 aromatic heterocycles. The molecule has 2 aromatic rings. The van der Waals surface area contributed by atoms with Gasteiger partial charge in [0, 0.05) is 5.56 Å². The Bertz CT molecular complexity index is 1020. The quantitative estimate of drug-likeness (QED) is 0.435. The minimum absolute atomic E-state index is 0.151. The molecule has 4 atom stereocenters. The van der Waals surface area contributed by atoms with Gasteiger partial charge < -0.3 is 4.74 Å². The smallest absolute Gasteiger partial charge is 0.338 e. The first-order valence-electron chi connectivity index (χ1n) is 10.3. The van der Waals surface area contributed by atoms with Crippen molar-refractivity contribution in [2.24, 2.45) is 23.7 Å². The summed E-state index contributed by atoms with van der Waals surface area (Å²) >= 11 is 0. The summed E-state index contributed by atoms with van der Waals surface area (Å²) in [6.07, 6.45) is 3.00. The number of nitrogens with zero attached hydrogens (tertiary/aromatic N) is 1. The van der Waals surface area contributed by atoms with Gasteiger partial charge in [0.25, 0.3) is 0 Å². The van der Waals surface area contributed by atoms with Gasteiger partial charge in [-0.25, -0.2) is 4.79 Å². The van der Waals surface area contributed by atoms with Crippen LogP contribution < -0.4 is 4.90 Å². The van der Waals surface area contributed by atoms with Crippen molar-refractivity contribution in [2.75, 3.05) is 11.5 Å². The van der Waals surface area contributed by atoms with Gasteiger partial charge in [-0.3, -0.25) is 19.3 Å². The first-order chi connectivity index (χ1) is 14.5. The summed E-state index contributed by atoms with van der Waals surface area (Å²) in [6.45, 7) is -0.373. The molecule has 3 aliphatic rings. The third kappa shape index (κ3) is 2.95. The van der Waals surface area contributed by atoms with Gasteiger partial charge in [-0.1, -0.05) is 36.4 Å². The van der Waals surface area contributed by atoms with Crippen LogP contribution in [-0.4, -0.2) is 30.2 Å². The third-order valence-corrected chi connectivity index (χ3v) is 6.70. The van der Waals surface area contributed by atoms with Gasteiger partial charge >= 0.3 is 5.97 Å². The molecule has 6 heteroatoms. The molecule has 0 spiro atoms. The van der Waals surface area contributed by atoms with Crippen molar-refractivity contribution in [3.63, 3.8) is 0 Å². The number of hydrogen-bond acceptors (Lipinski definition) is 5. The van der Waals surface area contributed by atoms with E-state index in [2.05, 4.69) is 0 Å². The lowest BCUT2D eigenvalue weighted by molar-refractivity contribution is -0.123. The maximum atomic E-state index is 13.0. The first-order valence-corrected chi connectivity index (χ1v) is 10.3. The molecule has 0 radical (unpaired) electrons. The summed E-state index contributed by atoms with van der Waals surface area (Å²) in [4.78, 5) is 51.8. The van der Waals surface area contributed by atoms with Gasteiger partial charge in [-0.05, 0) is 49.3 Å².